The molecule has 0 spiro atoms. The molecule has 0 atom stereocenters. The molecular formula is C11H13Fe2-. The fraction of sp³-hybridized carbons (Fsp3) is 0.182. The van der Waals surface area contributed by atoms with E-state index in [0.29, 0.717) is 0 Å². The molecule has 2 heteroatoms. The molecule has 0 bridgehead atoms. The van der Waals surface area contributed by atoms with Crippen molar-refractivity contribution in [1.29, 1.82) is 0 Å². The molecule has 0 aliphatic heterocycles. The first-order chi connectivity index (χ1) is 5.00. The molecule has 2 rings (SSSR count). The van der Waals surface area contributed by atoms with Crippen LogP contribution in [-0.2, 0) is 34.1 Å². The maximum atomic E-state index is 2.99. The number of rotatable bonds is 0. The van der Waals surface area contributed by atoms with Gasteiger partial charge in [-0.3, -0.25) is 12.2 Å². The zero-order chi connectivity index (χ0) is 7.07. The summed E-state index contributed by atoms with van der Waals surface area (Å²) in [5.74, 6) is 0. The third-order valence-corrected chi connectivity index (χ3v) is 1.17. The van der Waals surface area contributed by atoms with Gasteiger partial charge in [0.25, 0.3) is 0 Å². The first-order valence-electron chi connectivity index (χ1n) is 3.43. The predicted molar refractivity (Wildman–Crippen MR) is 49.6 cm³/mol. The SMILES string of the molecule is [C-]1=CC=CC1.[C-]1=CC=CC1.[CH3-].[Fe+2].[Fe]. The van der Waals surface area contributed by atoms with E-state index in [0.717, 1.165) is 12.8 Å². The summed E-state index contributed by atoms with van der Waals surface area (Å²) < 4.78 is 0. The van der Waals surface area contributed by atoms with Gasteiger partial charge >= 0.3 is 17.1 Å². The summed E-state index contributed by atoms with van der Waals surface area (Å²) in [6.07, 6.45) is 20.0. The number of allylic oxidation sites excluding steroid dienone is 8. The predicted octanol–water partition coefficient (Wildman–Crippen LogP) is 3.06. The van der Waals surface area contributed by atoms with Crippen molar-refractivity contribution in [3.63, 3.8) is 0 Å². The van der Waals surface area contributed by atoms with Crippen LogP contribution in [-0.4, -0.2) is 0 Å². The third-order valence-electron chi connectivity index (χ3n) is 1.17. The van der Waals surface area contributed by atoms with Gasteiger partial charge in [0.1, 0.15) is 0 Å². The normalized spacial score (nSPS) is 13.5. The summed E-state index contributed by atoms with van der Waals surface area (Å²) in [4.78, 5) is 0. The molecule has 0 N–H and O–H groups in total. The van der Waals surface area contributed by atoms with Gasteiger partial charge in [-0.1, -0.05) is 0 Å². The Morgan fingerprint density at radius 3 is 1.31 bits per heavy atom. The van der Waals surface area contributed by atoms with Gasteiger partial charge in [-0.05, 0) is 0 Å². The standard InChI is InChI=1S/2C5H5.CH3.2Fe/c2*1-2-4-5-3-1;;;/h2*1-3H,4H2;1H3;;/q3*-1;;+2. The van der Waals surface area contributed by atoms with E-state index in [1.807, 2.05) is 24.3 Å². The smallest absolute Gasteiger partial charge is 0.358 e. The Bertz CT molecular complexity index is 146. The van der Waals surface area contributed by atoms with Crippen LogP contribution in [0.15, 0.2) is 36.5 Å². The van der Waals surface area contributed by atoms with Crippen molar-refractivity contribution in [2.75, 3.05) is 0 Å². The Labute approximate surface area is 103 Å². The van der Waals surface area contributed by atoms with E-state index >= 15 is 0 Å². The summed E-state index contributed by atoms with van der Waals surface area (Å²) >= 11 is 0. The Hall–Kier alpha value is -0.00104. The maximum Gasteiger partial charge on any atom is 2.00 e. The topological polar surface area (TPSA) is 0 Å². The molecule has 0 radical (unpaired) electrons. The summed E-state index contributed by atoms with van der Waals surface area (Å²) in [6.45, 7) is 0. The number of hydrogen-bond acceptors (Lipinski definition) is 0. The molecule has 0 unspecified atom stereocenters. The molecule has 2 aliphatic rings. The average Bonchev–Trinajstić information content (AvgIpc) is 2.67. The minimum atomic E-state index is 0. The zero-order valence-electron chi connectivity index (χ0n) is 7.59. The minimum absolute atomic E-state index is 0. The van der Waals surface area contributed by atoms with Crippen molar-refractivity contribution < 1.29 is 34.1 Å². The van der Waals surface area contributed by atoms with E-state index in [4.69, 9.17) is 0 Å². The monoisotopic (exact) mass is 257 g/mol. The van der Waals surface area contributed by atoms with Crippen molar-refractivity contribution in [1.82, 2.24) is 0 Å². The average molecular weight is 257 g/mol. The molecule has 0 aromatic rings. The molecule has 74 valence electrons. The second-order valence-electron chi connectivity index (χ2n) is 2.01. The van der Waals surface area contributed by atoms with Crippen LogP contribution < -0.4 is 0 Å². The van der Waals surface area contributed by atoms with Crippen LogP contribution in [0.2, 0.25) is 0 Å². The van der Waals surface area contributed by atoms with Crippen LogP contribution in [0.25, 0.3) is 0 Å². The molecule has 0 nitrogen and oxygen atoms in total. The van der Waals surface area contributed by atoms with Crippen molar-refractivity contribution in [2.45, 2.75) is 12.8 Å². The molecule has 0 saturated carbocycles. The summed E-state index contributed by atoms with van der Waals surface area (Å²) in [5, 5.41) is 0. The first kappa shape index (κ1) is 18.7. The van der Waals surface area contributed by atoms with Gasteiger partial charge in [0.15, 0.2) is 0 Å². The van der Waals surface area contributed by atoms with Crippen molar-refractivity contribution >= 4 is 0 Å². The summed E-state index contributed by atoms with van der Waals surface area (Å²) in [7, 11) is 0. The van der Waals surface area contributed by atoms with E-state index in [1.165, 1.54) is 0 Å². The third kappa shape index (κ3) is 12.0. The summed E-state index contributed by atoms with van der Waals surface area (Å²) in [6, 6.07) is 0. The van der Waals surface area contributed by atoms with Gasteiger partial charge in [0.05, 0.1) is 0 Å². The Morgan fingerprint density at radius 1 is 0.846 bits per heavy atom. The molecule has 0 aromatic heterocycles. The van der Waals surface area contributed by atoms with Crippen LogP contribution in [0, 0.1) is 19.6 Å². The van der Waals surface area contributed by atoms with E-state index in [9.17, 15) is 0 Å². The van der Waals surface area contributed by atoms with Crippen molar-refractivity contribution in [3.05, 3.63) is 56.0 Å². The molecule has 2 aliphatic carbocycles. The first-order valence-corrected chi connectivity index (χ1v) is 3.43. The van der Waals surface area contributed by atoms with E-state index in [2.05, 4.69) is 24.3 Å². The Kier molecular flexibility index (Phi) is 20.9. The maximum absolute atomic E-state index is 2.99. The molecule has 0 heterocycles. The summed E-state index contributed by atoms with van der Waals surface area (Å²) in [5.41, 5.74) is 0. The zero-order valence-corrected chi connectivity index (χ0v) is 9.79. The molecular weight excluding hydrogens is 244 g/mol. The second-order valence-corrected chi connectivity index (χ2v) is 2.01. The fourth-order valence-electron chi connectivity index (χ4n) is 0.680. The Balaban J connectivity index is -0.000000125. The van der Waals surface area contributed by atoms with Gasteiger partial charge in [0.2, 0.25) is 0 Å². The molecule has 13 heavy (non-hydrogen) atoms. The van der Waals surface area contributed by atoms with Crippen LogP contribution in [0.1, 0.15) is 12.8 Å². The second kappa shape index (κ2) is 14.5. The van der Waals surface area contributed by atoms with Gasteiger partial charge in [-0.25, -0.2) is 24.3 Å². The largest absolute Gasteiger partial charge is 2.00 e. The van der Waals surface area contributed by atoms with E-state index in [-0.39, 0.29) is 41.6 Å². The van der Waals surface area contributed by atoms with Crippen LogP contribution in [0.3, 0.4) is 0 Å². The van der Waals surface area contributed by atoms with Gasteiger partial charge in [-0.2, -0.15) is 12.2 Å². The Morgan fingerprint density at radius 2 is 1.23 bits per heavy atom. The van der Waals surface area contributed by atoms with Crippen molar-refractivity contribution in [3.8, 4) is 0 Å². The van der Waals surface area contributed by atoms with Gasteiger partial charge in [-0.15, -0.1) is 12.8 Å². The minimum Gasteiger partial charge on any atom is -0.358 e. The van der Waals surface area contributed by atoms with Crippen LogP contribution in [0.5, 0.6) is 0 Å². The fourth-order valence-corrected chi connectivity index (χ4v) is 0.680. The molecule has 0 amide bonds. The van der Waals surface area contributed by atoms with Crippen molar-refractivity contribution in [2.24, 2.45) is 0 Å². The molecule has 0 saturated heterocycles. The molecule has 0 fully saturated rings. The van der Waals surface area contributed by atoms with E-state index < -0.39 is 0 Å². The van der Waals surface area contributed by atoms with Crippen LogP contribution in [0.4, 0.5) is 0 Å². The molecule has 0 aromatic carbocycles. The van der Waals surface area contributed by atoms with Gasteiger partial charge < -0.3 is 7.43 Å². The quantitative estimate of drug-likeness (QED) is 0.462. The van der Waals surface area contributed by atoms with Gasteiger partial charge in [0, 0.05) is 17.1 Å². The number of hydrogen-bond donors (Lipinski definition) is 0. The van der Waals surface area contributed by atoms with Crippen LogP contribution >= 0.6 is 0 Å². The van der Waals surface area contributed by atoms with E-state index in [1.54, 1.807) is 0 Å².